The van der Waals surface area contributed by atoms with Gasteiger partial charge in [-0.2, -0.15) is 0 Å². The maximum Gasteiger partial charge on any atom is 0.0470 e. The Kier molecular flexibility index (Phi) is 2.49. The summed E-state index contributed by atoms with van der Waals surface area (Å²) in [6.45, 7) is 2.39. The van der Waals surface area contributed by atoms with Gasteiger partial charge in [-0.25, -0.2) is 0 Å². The Balaban J connectivity index is 2.23. The van der Waals surface area contributed by atoms with Crippen molar-refractivity contribution in [3.05, 3.63) is 7.05 Å². The standard InChI is InChI=1S/C7H14NO/c1-8-4-2-3-7(5-8)6-9/h7,9H,1-6H2/q-1/t7-/m1/s1. The molecule has 0 saturated carbocycles. The lowest BCUT2D eigenvalue weighted by Gasteiger charge is -2.34. The number of rotatable bonds is 1. The van der Waals surface area contributed by atoms with Crippen LogP contribution in [0.2, 0.25) is 0 Å². The third kappa shape index (κ3) is 1.95. The largest absolute Gasteiger partial charge is 0.459 e. The van der Waals surface area contributed by atoms with Gasteiger partial charge in [0.25, 0.3) is 0 Å². The van der Waals surface area contributed by atoms with Crippen molar-refractivity contribution in [2.24, 2.45) is 5.92 Å². The van der Waals surface area contributed by atoms with Crippen LogP contribution in [-0.4, -0.2) is 29.7 Å². The molecule has 1 rings (SSSR count). The molecular formula is C7H14NO-. The average Bonchev–Trinajstić information content (AvgIpc) is 1.88. The third-order valence-corrected chi connectivity index (χ3v) is 1.86. The van der Waals surface area contributed by atoms with Crippen LogP contribution in [0.15, 0.2) is 0 Å². The van der Waals surface area contributed by atoms with Crippen LogP contribution in [0.25, 0.3) is 0 Å². The Labute approximate surface area is 56.5 Å². The van der Waals surface area contributed by atoms with E-state index in [-0.39, 0.29) is 0 Å². The highest BCUT2D eigenvalue weighted by atomic mass is 16.3. The Hall–Kier alpha value is -0.0800. The van der Waals surface area contributed by atoms with E-state index in [4.69, 9.17) is 5.11 Å². The molecule has 1 heterocycles. The van der Waals surface area contributed by atoms with Crippen LogP contribution in [0.1, 0.15) is 12.8 Å². The van der Waals surface area contributed by atoms with E-state index >= 15 is 0 Å². The maximum absolute atomic E-state index is 8.75. The quantitative estimate of drug-likeness (QED) is 0.519. The number of hydrogen-bond acceptors (Lipinski definition) is 2. The average molecular weight is 128 g/mol. The summed E-state index contributed by atoms with van der Waals surface area (Å²) in [5.41, 5.74) is 0. The van der Waals surface area contributed by atoms with Crippen LogP contribution >= 0.6 is 0 Å². The topological polar surface area (TPSA) is 23.5 Å². The molecule has 0 bridgehead atoms. The zero-order valence-corrected chi connectivity index (χ0v) is 5.71. The lowest BCUT2D eigenvalue weighted by atomic mass is 10.00. The van der Waals surface area contributed by atoms with Crippen LogP contribution < -0.4 is 0 Å². The molecular weight excluding hydrogens is 114 g/mol. The summed E-state index contributed by atoms with van der Waals surface area (Å²) in [6.07, 6.45) is 2.36. The van der Waals surface area contributed by atoms with Gasteiger partial charge in [-0.15, -0.1) is 0 Å². The van der Waals surface area contributed by atoms with E-state index in [1.54, 1.807) is 0 Å². The van der Waals surface area contributed by atoms with Crippen molar-refractivity contribution >= 4 is 0 Å². The van der Waals surface area contributed by atoms with E-state index in [0.717, 1.165) is 13.1 Å². The molecule has 0 radical (unpaired) electrons. The van der Waals surface area contributed by atoms with E-state index in [0.29, 0.717) is 12.5 Å². The number of aliphatic hydroxyl groups is 1. The first-order valence-corrected chi connectivity index (χ1v) is 3.49. The summed E-state index contributed by atoms with van der Waals surface area (Å²) in [4.78, 5) is 2.03. The zero-order valence-electron chi connectivity index (χ0n) is 5.71. The van der Waals surface area contributed by atoms with E-state index in [1.807, 2.05) is 4.90 Å². The molecule has 0 spiro atoms. The van der Waals surface area contributed by atoms with Crippen LogP contribution in [0.4, 0.5) is 0 Å². The van der Waals surface area contributed by atoms with Gasteiger partial charge in [0.1, 0.15) is 0 Å². The second kappa shape index (κ2) is 3.18. The predicted molar refractivity (Wildman–Crippen MR) is 36.7 cm³/mol. The van der Waals surface area contributed by atoms with Crippen molar-refractivity contribution in [3.8, 4) is 0 Å². The molecule has 1 aliphatic rings. The molecule has 1 N–H and O–H groups in total. The molecule has 0 aliphatic carbocycles. The number of piperidine rings is 1. The van der Waals surface area contributed by atoms with E-state index in [9.17, 15) is 0 Å². The molecule has 2 nitrogen and oxygen atoms in total. The smallest absolute Gasteiger partial charge is 0.0470 e. The maximum atomic E-state index is 8.75. The van der Waals surface area contributed by atoms with Crippen molar-refractivity contribution in [2.45, 2.75) is 12.8 Å². The minimum Gasteiger partial charge on any atom is -0.459 e. The predicted octanol–water partition coefficient (Wildman–Crippen LogP) is 0.482. The van der Waals surface area contributed by atoms with Gasteiger partial charge in [-0.1, -0.05) is 0 Å². The summed E-state index contributed by atoms with van der Waals surface area (Å²) in [6, 6.07) is 0. The van der Waals surface area contributed by atoms with Gasteiger partial charge in [0.05, 0.1) is 0 Å². The Morgan fingerprint density at radius 2 is 2.44 bits per heavy atom. The van der Waals surface area contributed by atoms with Gasteiger partial charge < -0.3 is 10.0 Å². The summed E-state index contributed by atoms with van der Waals surface area (Å²) in [5, 5.41) is 8.75. The van der Waals surface area contributed by atoms with Crippen molar-refractivity contribution in [1.29, 1.82) is 0 Å². The zero-order chi connectivity index (χ0) is 6.69. The van der Waals surface area contributed by atoms with Crippen molar-refractivity contribution in [1.82, 2.24) is 4.90 Å². The summed E-state index contributed by atoms with van der Waals surface area (Å²) < 4.78 is 0. The van der Waals surface area contributed by atoms with Gasteiger partial charge in [-0.3, -0.25) is 7.05 Å². The van der Waals surface area contributed by atoms with Gasteiger partial charge >= 0.3 is 0 Å². The number of hydrogen-bond donors (Lipinski definition) is 1. The summed E-state index contributed by atoms with van der Waals surface area (Å²) in [5.74, 6) is 0.483. The molecule has 0 unspecified atom stereocenters. The van der Waals surface area contributed by atoms with Gasteiger partial charge in [0.2, 0.25) is 0 Å². The Morgan fingerprint density at radius 3 is 2.89 bits per heavy atom. The van der Waals surface area contributed by atoms with Gasteiger partial charge in [-0.05, 0) is 31.8 Å². The molecule has 1 atom stereocenters. The van der Waals surface area contributed by atoms with Crippen LogP contribution in [0.5, 0.6) is 0 Å². The Morgan fingerprint density at radius 1 is 1.67 bits per heavy atom. The molecule has 9 heavy (non-hydrogen) atoms. The molecule has 0 aromatic heterocycles. The second-order valence-electron chi connectivity index (χ2n) is 2.77. The SMILES string of the molecule is [CH2-]N1CCC[C@@H](CO)C1. The van der Waals surface area contributed by atoms with Crippen molar-refractivity contribution in [2.75, 3.05) is 19.7 Å². The number of nitrogens with zero attached hydrogens (tertiary/aromatic N) is 1. The first kappa shape index (κ1) is 7.03. The van der Waals surface area contributed by atoms with Crippen LogP contribution in [0, 0.1) is 13.0 Å². The minimum atomic E-state index is 0.325. The molecule has 1 saturated heterocycles. The van der Waals surface area contributed by atoms with Gasteiger partial charge in [0.15, 0.2) is 0 Å². The number of likely N-dealkylation sites (tertiary alicyclic amines) is 1. The van der Waals surface area contributed by atoms with Crippen molar-refractivity contribution < 1.29 is 5.11 Å². The summed E-state index contributed by atoms with van der Waals surface area (Å²) >= 11 is 0. The highest BCUT2D eigenvalue weighted by molar-refractivity contribution is 4.70. The summed E-state index contributed by atoms with van der Waals surface area (Å²) in [7, 11) is 3.82. The fraction of sp³-hybridized carbons (Fsp3) is 0.857. The molecule has 0 aromatic rings. The van der Waals surface area contributed by atoms with Gasteiger partial charge in [0, 0.05) is 6.61 Å². The highest BCUT2D eigenvalue weighted by Gasteiger charge is 2.11. The monoisotopic (exact) mass is 128 g/mol. The van der Waals surface area contributed by atoms with E-state index in [2.05, 4.69) is 7.05 Å². The first-order chi connectivity index (χ1) is 4.33. The second-order valence-corrected chi connectivity index (χ2v) is 2.77. The molecule has 54 valence electrons. The Bertz CT molecular complexity index is 85.0. The first-order valence-electron chi connectivity index (χ1n) is 3.49. The van der Waals surface area contributed by atoms with Crippen LogP contribution in [-0.2, 0) is 0 Å². The normalized spacial score (nSPS) is 30.7. The van der Waals surface area contributed by atoms with Crippen molar-refractivity contribution in [3.63, 3.8) is 0 Å². The minimum absolute atomic E-state index is 0.325. The third-order valence-electron chi connectivity index (χ3n) is 1.86. The molecule has 0 amide bonds. The molecule has 2 heteroatoms. The van der Waals surface area contributed by atoms with E-state index < -0.39 is 0 Å². The molecule has 1 aliphatic heterocycles. The molecule has 0 aromatic carbocycles. The number of aliphatic hydroxyl groups excluding tert-OH is 1. The highest BCUT2D eigenvalue weighted by Crippen LogP contribution is 2.13. The lowest BCUT2D eigenvalue weighted by Crippen LogP contribution is -2.32. The fourth-order valence-electron chi connectivity index (χ4n) is 1.30. The fourth-order valence-corrected chi connectivity index (χ4v) is 1.30. The van der Waals surface area contributed by atoms with E-state index in [1.165, 1.54) is 12.8 Å². The molecule has 1 fully saturated rings. The van der Waals surface area contributed by atoms with Crippen LogP contribution in [0.3, 0.4) is 0 Å². The lowest BCUT2D eigenvalue weighted by molar-refractivity contribution is 0.148.